The van der Waals surface area contributed by atoms with Gasteiger partial charge in [0.25, 0.3) is 5.91 Å². The largest absolute Gasteiger partial charge is 0.477 e. The van der Waals surface area contributed by atoms with Gasteiger partial charge < -0.3 is 15.4 Å². The third-order valence-electron chi connectivity index (χ3n) is 4.93. The van der Waals surface area contributed by atoms with Crippen molar-refractivity contribution in [3.8, 4) is 5.75 Å². The first kappa shape index (κ1) is 16.8. The molecule has 130 valence electrons. The van der Waals surface area contributed by atoms with Crippen LogP contribution < -0.4 is 15.4 Å². The van der Waals surface area contributed by atoms with E-state index in [9.17, 15) is 9.59 Å². The zero-order valence-electron chi connectivity index (χ0n) is 14.1. The predicted molar refractivity (Wildman–Crippen MR) is 91.9 cm³/mol. The highest BCUT2D eigenvalue weighted by Gasteiger charge is 2.33. The van der Waals surface area contributed by atoms with Gasteiger partial charge in [-0.05, 0) is 37.4 Å². The molecule has 2 N–H and O–H groups in total. The summed E-state index contributed by atoms with van der Waals surface area (Å²) in [4.78, 5) is 28.3. The highest BCUT2D eigenvalue weighted by atomic mass is 16.5. The third-order valence-corrected chi connectivity index (χ3v) is 4.93. The first-order valence-electron chi connectivity index (χ1n) is 8.66. The van der Waals surface area contributed by atoms with Crippen LogP contribution in [0.25, 0.3) is 0 Å². The minimum atomic E-state index is -0.798. The predicted octanol–water partition coefficient (Wildman–Crippen LogP) is 1.39. The summed E-state index contributed by atoms with van der Waals surface area (Å²) in [5.41, 5.74) is 6.11. The lowest BCUT2D eigenvalue weighted by Gasteiger charge is -2.36. The Morgan fingerprint density at radius 2 is 2.08 bits per heavy atom. The number of fused-ring (bicyclic) bond motifs is 1. The molecule has 2 amide bonds. The second kappa shape index (κ2) is 7.21. The van der Waals surface area contributed by atoms with E-state index in [1.165, 1.54) is 6.42 Å². The molecule has 0 aromatic heterocycles. The van der Waals surface area contributed by atoms with Gasteiger partial charge in [-0.15, -0.1) is 0 Å². The molecule has 0 unspecified atom stereocenters. The van der Waals surface area contributed by atoms with E-state index in [2.05, 4.69) is 11.8 Å². The lowest BCUT2D eigenvalue weighted by molar-refractivity contribution is -0.125. The molecule has 0 saturated carbocycles. The van der Waals surface area contributed by atoms with Crippen LogP contribution in [0.5, 0.6) is 5.75 Å². The van der Waals surface area contributed by atoms with E-state index in [1.54, 1.807) is 11.0 Å². The molecule has 2 aliphatic rings. The molecular weight excluding hydrogens is 306 g/mol. The summed E-state index contributed by atoms with van der Waals surface area (Å²) in [6, 6.07) is 7.29. The zero-order valence-corrected chi connectivity index (χ0v) is 14.1. The Morgan fingerprint density at radius 3 is 2.83 bits per heavy atom. The monoisotopic (exact) mass is 331 g/mol. The van der Waals surface area contributed by atoms with Crippen LogP contribution in [0.15, 0.2) is 24.3 Å². The number of anilines is 1. The number of para-hydroxylation sites is 2. The number of carbonyl (C=O) groups is 2. The number of carbonyl (C=O) groups excluding carboxylic acids is 2. The van der Waals surface area contributed by atoms with Gasteiger partial charge in [0, 0.05) is 6.54 Å². The van der Waals surface area contributed by atoms with E-state index in [0.29, 0.717) is 23.9 Å². The van der Waals surface area contributed by atoms with E-state index >= 15 is 0 Å². The molecule has 0 spiro atoms. The molecule has 3 rings (SSSR count). The van der Waals surface area contributed by atoms with Gasteiger partial charge in [0.2, 0.25) is 5.91 Å². The van der Waals surface area contributed by atoms with Crippen molar-refractivity contribution in [2.75, 3.05) is 31.1 Å². The highest BCUT2D eigenvalue weighted by molar-refractivity contribution is 5.98. The fourth-order valence-corrected chi connectivity index (χ4v) is 3.52. The number of hydrogen-bond donors (Lipinski definition) is 1. The quantitative estimate of drug-likeness (QED) is 0.904. The smallest absolute Gasteiger partial charge is 0.260 e. The summed E-state index contributed by atoms with van der Waals surface area (Å²) in [6.45, 7) is 4.67. The fraction of sp³-hybridized carbons (Fsp3) is 0.556. The maximum Gasteiger partial charge on any atom is 0.260 e. The van der Waals surface area contributed by atoms with Crippen molar-refractivity contribution < 1.29 is 14.3 Å². The van der Waals surface area contributed by atoms with Gasteiger partial charge in [-0.2, -0.15) is 0 Å². The number of rotatable bonds is 4. The number of likely N-dealkylation sites (tertiary alicyclic amines) is 1. The fourth-order valence-electron chi connectivity index (χ4n) is 3.52. The van der Waals surface area contributed by atoms with E-state index < -0.39 is 12.0 Å². The Labute approximate surface area is 142 Å². The second-order valence-corrected chi connectivity index (χ2v) is 6.63. The van der Waals surface area contributed by atoms with Crippen molar-refractivity contribution in [3.63, 3.8) is 0 Å². The van der Waals surface area contributed by atoms with Gasteiger partial charge in [0.15, 0.2) is 6.10 Å². The SMILES string of the molecule is CC[C@H]1CCCN(CC(=O)N2C[C@H](C(N)=O)Oc3ccccc32)C1. The lowest BCUT2D eigenvalue weighted by atomic mass is 9.96. The molecule has 6 heteroatoms. The van der Waals surface area contributed by atoms with Crippen LogP contribution in [0.2, 0.25) is 0 Å². The van der Waals surface area contributed by atoms with Gasteiger partial charge in [-0.1, -0.05) is 25.5 Å². The van der Waals surface area contributed by atoms with E-state index in [4.69, 9.17) is 10.5 Å². The molecule has 1 saturated heterocycles. The Balaban J connectivity index is 1.74. The van der Waals surface area contributed by atoms with Gasteiger partial charge in [-0.3, -0.25) is 14.5 Å². The number of amides is 2. The number of nitrogens with two attached hydrogens (primary N) is 1. The lowest BCUT2D eigenvalue weighted by Crippen LogP contribution is -2.52. The number of primary amides is 1. The molecule has 6 nitrogen and oxygen atoms in total. The van der Waals surface area contributed by atoms with Crippen LogP contribution >= 0.6 is 0 Å². The molecule has 1 aromatic rings. The van der Waals surface area contributed by atoms with Crippen LogP contribution in [0.3, 0.4) is 0 Å². The summed E-state index contributed by atoms with van der Waals surface area (Å²) in [5.74, 6) is 0.646. The standard InChI is InChI=1S/C18H25N3O3/c1-2-13-6-5-9-20(10-13)12-17(22)21-11-16(18(19)23)24-15-8-4-3-7-14(15)21/h3-4,7-8,13,16H,2,5-6,9-12H2,1H3,(H2,19,23)/t13-,16+/m0/s1. The highest BCUT2D eigenvalue weighted by Crippen LogP contribution is 2.33. The summed E-state index contributed by atoms with van der Waals surface area (Å²) < 4.78 is 5.62. The van der Waals surface area contributed by atoms with Crippen molar-refractivity contribution in [1.82, 2.24) is 4.90 Å². The number of piperidine rings is 1. The molecule has 0 radical (unpaired) electrons. The van der Waals surface area contributed by atoms with Crippen LogP contribution in [-0.4, -0.2) is 49.0 Å². The van der Waals surface area contributed by atoms with Crippen molar-refractivity contribution in [1.29, 1.82) is 0 Å². The Kier molecular flexibility index (Phi) is 5.04. The molecule has 0 bridgehead atoms. The number of hydrogen-bond acceptors (Lipinski definition) is 4. The maximum absolute atomic E-state index is 12.9. The summed E-state index contributed by atoms with van der Waals surface area (Å²) in [6.07, 6.45) is 2.73. The van der Waals surface area contributed by atoms with Crippen LogP contribution in [0.1, 0.15) is 26.2 Å². The zero-order chi connectivity index (χ0) is 17.1. The van der Waals surface area contributed by atoms with Crippen LogP contribution in [-0.2, 0) is 9.59 Å². The number of benzene rings is 1. The first-order valence-corrected chi connectivity index (χ1v) is 8.66. The molecule has 1 aromatic carbocycles. The Morgan fingerprint density at radius 1 is 1.29 bits per heavy atom. The molecule has 0 aliphatic carbocycles. The summed E-state index contributed by atoms with van der Waals surface area (Å²) in [7, 11) is 0. The van der Waals surface area contributed by atoms with E-state index in [0.717, 1.165) is 25.9 Å². The van der Waals surface area contributed by atoms with Crippen LogP contribution in [0, 0.1) is 5.92 Å². The van der Waals surface area contributed by atoms with Gasteiger partial charge in [0.1, 0.15) is 5.75 Å². The Bertz CT molecular complexity index is 619. The van der Waals surface area contributed by atoms with Crippen LogP contribution in [0.4, 0.5) is 5.69 Å². The molecule has 2 atom stereocenters. The van der Waals surface area contributed by atoms with Crippen molar-refractivity contribution in [3.05, 3.63) is 24.3 Å². The average Bonchev–Trinajstić information content (AvgIpc) is 2.60. The molecule has 2 aliphatic heterocycles. The van der Waals surface area contributed by atoms with Gasteiger partial charge in [-0.25, -0.2) is 0 Å². The molecule has 1 fully saturated rings. The third kappa shape index (κ3) is 3.53. The molecule has 24 heavy (non-hydrogen) atoms. The number of ether oxygens (including phenoxy) is 1. The second-order valence-electron chi connectivity index (χ2n) is 6.63. The Hall–Kier alpha value is -2.08. The maximum atomic E-state index is 12.9. The van der Waals surface area contributed by atoms with Crippen molar-refractivity contribution >= 4 is 17.5 Å². The molecule has 2 heterocycles. The molecular formula is C18H25N3O3. The van der Waals surface area contributed by atoms with Gasteiger partial charge in [0.05, 0.1) is 18.8 Å². The van der Waals surface area contributed by atoms with Crippen molar-refractivity contribution in [2.24, 2.45) is 11.7 Å². The average molecular weight is 331 g/mol. The van der Waals surface area contributed by atoms with E-state index in [-0.39, 0.29) is 12.5 Å². The topological polar surface area (TPSA) is 75.9 Å². The minimum absolute atomic E-state index is 0.00578. The normalized spacial score (nSPS) is 24.1. The van der Waals surface area contributed by atoms with Crippen molar-refractivity contribution in [2.45, 2.75) is 32.3 Å². The number of nitrogens with zero attached hydrogens (tertiary/aromatic N) is 2. The minimum Gasteiger partial charge on any atom is -0.477 e. The van der Waals surface area contributed by atoms with E-state index in [1.807, 2.05) is 18.2 Å². The summed E-state index contributed by atoms with van der Waals surface area (Å²) >= 11 is 0. The summed E-state index contributed by atoms with van der Waals surface area (Å²) in [5, 5.41) is 0. The van der Waals surface area contributed by atoms with Gasteiger partial charge >= 0.3 is 0 Å². The first-order chi connectivity index (χ1) is 11.6.